The van der Waals surface area contributed by atoms with Gasteiger partial charge >= 0.3 is 0 Å². The zero-order valence-electron chi connectivity index (χ0n) is 35.2. The number of rotatable bonds is 19. The predicted molar refractivity (Wildman–Crippen MR) is 246 cm³/mol. The van der Waals surface area contributed by atoms with E-state index in [-0.39, 0.29) is 18.2 Å². The van der Waals surface area contributed by atoms with Crippen LogP contribution in [0.15, 0.2) is 84.0 Å². The summed E-state index contributed by atoms with van der Waals surface area (Å²) in [6, 6.07) is 21.9. The van der Waals surface area contributed by atoms with Crippen LogP contribution >= 0.6 is 22.9 Å². The van der Waals surface area contributed by atoms with Crippen molar-refractivity contribution < 1.29 is 28.5 Å². The highest BCUT2D eigenvalue weighted by Crippen LogP contribution is 2.40. The second-order valence-corrected chi connectivity index (χ2v) is 16.7. The molecule has 3 aromatic carbocycles. The molecule has 0 saturated carbocycles. The summed E-state index contributed by atoms with van der Waals surface area (Å²) in [5.41, 5.74) is 15.0. The van der Waals surface area contributed by atoms with Crippen molar-refractivity contribution in [2.75, 3.05) is 74.5 Å². The first-order valence-electron chi connectivity index (χ1n) is 20.7. The Morgan fingerprint density at radius 2 is 1.62 bits per heavy atom. The van der Waals surface area contributed by atoms with Gasteiger partial charge in [0.25, 0.3) is 0 Å². The molecule has 0 radical (unpaired) electrons. The zero-order valence-corrected chi connectivity index (χ0v) is 36.8. The number of carbonyl (C=O) groups excluding carboxylic acids is 2. The number of aliphatic imine (C=N–C) groups is 1. The third-order valence-corrected chi connectivity index (χ3v) is 12.1. The molecule has 15 nitrogen and oxygen atoms in total. The molecule has 0 fully saturated rings. The van der Waals surface area contributed by atoms with Gasteiger partial charge in [-0.2, -0.15) is 0 Å². The third kappa shape index (κ3) is 10.4. The van der Waals surface area contributed by atoms with Gasteiger partial charge in [0.15, 0.2) is 5.82 Å². The number of fused-ring (bicyclic) bond motifs is 4. The second-order valence-electron chi connectivity index (χ2n) is 15.0. The molecule has 1 atom stereocenters. The molecule has 0 bridgehead atoms. The molecule has 2 aliphatic heterocycles. The number of hydrogen-bond acceptors (Lipinski definition) is 13. The van der Waals surface area contributed by atoms with Crippen LogP contribution in [-0.2, 0) is 30.2 Å². The van der Waals surface area contributed by atoms with Gasteiger partial charge in [0.1, 0.15) is 35.0 Å². The Morgan fingerprint density at radius 1 is 0.905 bits per heavy atom. The summed E-state index contributed by atoms with van der Waals surface area (Å²) >= 11 is 7.91. The van der Waals surface area contributed by atoms with E-state index in [1.54, 1.807) is 47.9 Å². The number of nitrogens with one attached hydrogen (secondary N) is 3. The quantitative estimate of drug-likeness (QED) is 0.0590. The number of pyridine rings is 1. The van der Waals surface area contributed by atoms with Gasteiger partial charge in [0, 0.05) is 62.5 Å². The number of nitrogens with zero attached hydrogens (tertiary/aromatic N) is 5. The lowest BCUT2D eigenvalue weighted by Gasteiger charge is -2.14. The number of amides is 2. The first-order valence-corrected chi connectivity index (χ1v) is 21.9. The average Bonchev–Trinajstić information content (AvgIpc) is 3.91. The van der Waals surface area contributed by atoms with Gasteiger partial charge in [0.2, 0.25) is 11.8 Å². The number of aromatic nitrogens is 4. The van der Waals surface area contributed by atoms with Gasteiger partial charge in [-0.1, -0.05) is 29.8 Å². The van der Waals surface area contributed by atoms with E-state index < -0.39 is 6.04 Å². The number of nitrogen functional groups attached to an aromatic ring is 1. The first-order chi connectivity index (χ1) is 30.6. The number of nitrogens with two attached hydrogens (primary N) is 1. The van der Waals surface area contributed by atoms with E-state index in [1.165, 1.54) is 4.88 Å². The number of hydrogen-bond donors (Lipinski definition) is 4. The van der Waals surface area contributed by atoms with Gasteiger partial charge in [-0.25, -0.2) is 4.98 Å². The molecule has 8 rings (SSSR count). The Labute approximate surface area is 374 Å². The van der Waals surface area contributed by atoms with Crippen molar-refractivity contribution >= 4 is 63.3 Å². The maximum absolute atomic E-state index is 13.5. The lowest BCUT2D eigenvalue weighted by atomic mass is 9.99. The third-order valence-electron chi connectivity index (χ3n) is 10.6. The van der Waals surface area contributed by atoms with Crippen LogP contribution in [0.25, 0.3) is 16.1 Å². The van der Waals surface area contributed by atoms with Crippen LogP contribution in [0, 0.1) is 20.8 Å². The standard InChI is InChI=1S/C46H48ClN9O6S/c1-27-28(2)63-46-43(27)44(30-4-7-33(47)8-5-30)53-39(45-55-54-29(3)56(45)46)25-42(58)51-34-9-11-35(12-10-34)62-21-20-61-19-18-60-17-16-59-15-14-49-38-24-40(48)50-26-36(38)31-6-13-37-32(22-31)23-41(57)52-37/h4-13,22,24,26,39H,14-21,23,25H2,1-3H3,(H,51,58)(H,52,57)(H3,48,49,50)/t39-/m0/s1. The Morgan fingerprint density at radius 3 is 2.38 bits per heavy atom. The van der Waals surface area contributed by atoms with Crippen LogP contribution < -0.4 is 26.4 Å². The van der Waals surface area contributed by atoms with Crippen molar-refractivity contribution in [1.29, 1.82) is 0 Å². The van der Waals surface area contributed by atoms with Crippen molar-refractivity contribution in [1.82, 2.24) is 19.7 Å². The minimum Gasteiger partial charge on any atom is -0.491 e. The molecule has 0 unspecified atom stereocenters. The molecule has 2 amide bonds. The van der Waals surface area contributed by atoms with Crippen LogP contribution in [0.1, 0.15) is 51.2 Å². The lowest BCUT2D eigenvalue weighted by molar-refractivity contribution is -0.117. The summed E-state index contributed by atoms with van der Waals surface area (Å²) in [6.45, 7) is 9.62. The number of benzene rings is 3. The smallest absolute Gasteiger partial charge is 0.228 e. The fourth-order valence-electron chi connectivity index (χ4n) is 7.42. The topological polar surface area (TPSA) is 189 Å². The van der Waals surface area contributed by atoms with Crippen LogP contribution in [0.3, 0.4) is 0 Å². The average molecular weight is 890 g/mol. The van der Waals surface area contributed by atoms with Gasteiger partial charge in [0.05, 0.1) is 58.2 Å². The second kappa shape index (κ2) is 19.9. The molecule has 63 heavy (non-hydrogen) atoms. The number of anilines is 4. The van der Waals surface area contributed by atoms with E-state index in [0.717, 1.165) is 61.3 Å². The Kier molecular flexibility index (Phi) is 13.7. The number of ether oxygens (including phenoxy) is 4. The zero-order chi connectivity index (χ0) is 43.9. The molecule has 0 saturated heterocycles. The number of carbonyl (C=O) groups is 2. The molecule has 0 aliphatic carbocycles. The highest BCUT2D eigenvalue weighted by Gasteiger charge is 2.32. The Balaban J connectivity index is 0.724. The normalized spacial score (nSPS) is 14.0. The largest absolute Gasteiger partial charge is 0.491 e. The fraction of sp³-hybridized carbons (Fsp3) is 0.304. The van der Waals surface area contributed by atoms with E-state index in [2.05, 4.69) is 45.0 Å². The Hall–Kier alpha value is -6.17. The number of halogens is 1. The molecule has 2 aliphatic rings. The van der Waals surface area contributed by atoms with Crippen molar-refractivity contribution in [2.45, 2.75) is 39.7 Å². The van der Waals surface area contributed by atoms with E-state index in [9.17, 15) is 9.59 Å². The molecular formula is C46H48ClN9O6S. The van der Waals surface area contributed by atoms with E-state index >= 15 is 0 Å². The summed E-state index contributed by atoms with van der Waals surface area (Å²) in [6.07, 6.45) is 2.17. The summed E-state index contributed by atoms with van der Waals surface area (Å²) in [7, 11) is 0. The molecule has 17 heteroatoms. The van der Waals surface area contributed by atoms with Gasteiger partial charge in [-0.05, 0) is 86.0 Å². The summed E-state index contributed by atoms with van der Waals surface area (Å²) < 4.78 is 24.9. The number of thiophene rings is 1. The lowest BCUT2D eigenvalue weighted by Crippen LogP contribution is -2.17. The first kappa shape index (κ1) is 43.5. The van der Waals surface area contributed by atoms with Crippen molar-refractivity contribution in [3.05, 3.63) is 123 Å². The highest BCUT2D eigenvalue weighted by atomic mass is 35.5. The molecule has 3 aromatic heterocycles. The SMILES string of the molecule is Cc1sc2c(c1C)C(c1ccc(Cl)cc1)=N[C@@H](CC(=O)Nc1ccc(OCCOCCOCCOCCNc3cc(N)ncc3-c3ccc4c(c3)CC(=O)N4)cc1)c1nnc(C)n1-2. The maximum Gasteiger partial charge on any atom is 0.228 e. The van der Waals surface area contributed by atoms with Crippen molar-refractivity contribution in [3.8, 4) is 21.9 Å². The molecule has 5 heterocycles. The molecule has 5 N–H and O–H groups in total. The monoisotopic (exact) mass is 889 g/mol. The number of aryl methyl sites for hydroxylation is 2. The molecule has 6 aromatic rings. The van der Waals surface area contributed by atoms with Crippen LogP contribution in [0.4, 0.5) is 22.9 Å². The van der Waals surface area contributed by atoms with Gasteiger partial charge in [-0.3, -0.25) is 19.1 Å². The van der Waals surface area contributed by atoms with E-state index in [1.807, 2.05) is 54.0 Å². The maximum atomic E-state index is 13.5. The molecule has 0 spiro atoms. The minimum atomic E-state index is -0.574. The van der Waals surface area contributed by atoms with Gasteiger partial charge < -0.3 is 40.6 Å². The predicted octanol–water partition coefficient (Wildman–Crippen LogP) is 7.51. The summed E-state index contributed by atoms with van der Waals surface area (Å²) in [5.74, 6) is 2.21. The van der Waals surface area contributed by atoms with Crippen LogP contribution in [-0.4, -0.2) is 90.1 Å². The van der Waals surface area contributed by atoms with Crippen LogP contribution in [0.2, 0.25) is 5.02 Å². The minimum absolute atomic E-state index is 0.00453. The molecule has 326 valence electrons. The van der Waals surface area contributed by atoms with Crippen molar-refractivity contribution in [2.24, 2.45) is 4.99 Å². The molecular weight excluding hydrogens is 842 g/mol. The summed E-state index contributed by atoms with van der Waals surface area (Å²) in [4.78, 5) is 35.9. The summed E-state index contributed by atoms with van der Waals surface area (Å²) in [5, 5.41) is 19.8. The van der Waals surface area contributed by atoms with E-state index in [0.29, 0.717) is 87.3 Å². The fourth-order valence-corrected chi connectivity index (χ4v) is 8.76. The Bertz CT molecular complexity index is 2630. The van der Waals surface area contributed by atoms with Gasteiger partial charge in [-0.15, -0.1) is 21.5 Å². The highest BCUT2D eigenvalue weighted by molar-refractivity contribution is 7.15. The van der Waals surface area contributed by atoms with E-state index in [4.69, 9.17) is 41.3 Å². The van der Waals surface area contributed by atoms with Crippen molar-refractivity contribution in [3.63, 3.8) is 0 Å². The van der Waals surface area contributed by atoms with Crippen LogP contribution in [0.5, 0.6) is 5.75 Å².